The average molecular weight is 227 g/mol. The maximum Gasteiger partial charge on any atom is 0.250 e. The summed E-state index contributed by atoms with van der Waals surface area (Å²) in [5.41, 5.74) is 6.29. The van der Waals surface area contributed by atoms with E-state index in [-0.39, 0.29) is 25.1 Å². The third-order valence-corrected chi connectivity index (χ3v) is 3.31. The molecule has 4 heteroatoms. The topological polar surface area (TPSA) is 46.2 Å². The zero-order valence-electron chi connectivity index (χ0n) is 9.13. The van der Waals surface area contributed by atoms with Crippen LogP contribution in [-0.4, -0.2) is 17.6 Å². The van der Waals surface area contributed by atoms with Gasteiger partial charge in [0.2, 0.25) is 5.92 Å². The number of aromatic hydroxyl groups is 1. The quantitative estimate of drug-likeness (QED) is 0.814. The van der Waals surface area contributed by atoms with Crippen molar-refractivity contribution < 1.29 is 13.9 Å². The molecule has 0 spiro atoms. The summed E-state index contributed by atoms with van der Waals surface area (Å²) in [5, 5.41) is 9.79. The third-order valence-electron chi connectivity index (χ3n) is 3.31. The van der Waals surface area contributed by atoms with E-state index in [4.69, 9.17) is 5.73 Å². The van der Waals surface area contributed by atoms with Crippen LogP contribution in [0.4, 0.5) is 8.78 Å². The zero-order chi connectivity index (χ0) is 12.0. The first kappa shape index (κ1) is 11.3. The highest BCUT2D eigenvalue weighted by molar-refractivity contribution is 5.44. The van der Waals surface area contributed by atoms with E-state index >= 15 is 0 Å². The summed E-state index contributed by atoms with van der Waals surface area (Å²) < 4.78 is 26.0. The molecule has 1 saturated carbocycles. The minimum absolute atomic E-state index is 0.0703. The highest BCUT2D eigenvalue weighted by Gasteiger charge is 2.57. The number of halogens is 2. The van der Waals surface area contributed by atoms with Gasteiger partial charge in [0.05, 0.1) is 0 Å². The lowest BCUT2D eigenvalue weighted by Gasteiger charge is -2.47. The van der Waals surface area contributed by atoms with E-state index in [1.165, 1.54) is 0 Å². The summed E-state index contributed by atoms with van der Waals surface area (Å²) in [5.74, 6) is -2.57. The molecule has 0 heterocycles. The Kier molecular flexibility index (Phi) is 2.42. The van der Waals surface area contributed by atoms with Crippen LogP contribution in [0.1, 0.15) is 24.0 Å². The van der Waals surface area contributed by atoms with Crippen LogP contribution in [-0.2, 0) is 5.41 Å². The summed E-state index contributed by atoms with van der Waals surface area (Å²) in [6.07, 6.45) is -0.541. The number of rotatable bonds is 2. The summed E-state index contributed by atoms with van der Waals surface area (Å²) in [7, 11) is 0. The Hall–Kier alpha value is -1.16. The van der Waals surface area contributed by atoms with E-state index < -0.39 is 11.3 Å². The van der Waals surface area contributed by atoms with Gasteiger partial charge < -0.3 is 10.8 Å². The van der Waals surface area contributed by atoms with Gasteiger partial charge >= 0.3 is 0 Å². The molecule has 1 fully saturated rings. The van der Waals surface area contributed by atoms with Gasteiger partial charge in [0.1, 0.15) is 5.75 Å². The second-order valence-electron chi connectivity index (χ2n) is 4.71. The van der Waals surface area contributed by atoms with Crippen molar-refractivity contribution in [3.63, 3.8) is 0 Å². The van der Waals surface area contributed by atoms with Gasteiger partial charge in [-0.3, -0.25) is 0 Å². The van der Waals surface area contributed by atoms with Crippen LogP contribution in [0.15, 0.2) is 18.2 Å². The molecule has 0 saturated heterocycles. The first-order valence-electron chi connectivity index (χ1n) is 5.27. The number of nitrogens with two attached hydrogens (primary N) is 1. The molecule has 1 aliphatic rings. The molecule has 1 aromatic carbocycles. The molecular formula is C12H15F2NO. The molecule has 0 amide bonds. The molecule has 16 heavy (non-hydrogen) atoms. The van der Waals surface area contributed by atoms with Crippen LogP contribution < -0.4 is 5.73 Å². The summed E-state index contributed by atoms with van der Waals surface area (Å²) in [6.45, 7) is 1.98. The fourth-order valence-electron chi connectivity index (χ4n) is 2.47. The molecule has 2 rings (SSSR count). The average Bonchev–Trinajstić information content (AvgIpc) is 2.13. The normalized spacial score (nSPS) is 21.5. The van der Waals surface area contributed by atoms with Crippen molar-refractivity contribution in [2.24, 2.45) is 5.73 Å². The summed E-state index contributed by atoms with van der Waals surface area (Å²) >= 11 is 0. The highest BCUT2D eigenvalue weighted by Crippen LogP contribution is 2.54. The molecule has 0 aromatic heterocycles. The standard InChI is InChI=1S/C12H15F2NO/c1-8-2-3-9(10(16)4-8)11(7-15)5-12(13,14)6-11/h2-4,16H,5-7,15H2,1H3. The lowest BCUT2D eigenvalue weighted by Crippen LogP contribution is -2.53. The van der Waals surface area contributed by atoms with Gasteiger partial charge in [-0.1, -0.05) is 12.1 Å². The van der Waals surface area contributed by atoms with Crippen molar-refractivity contribution in [1.29, 1.82) is 0 Å². The van der Waals surface area contributed by atoms with Crippen molar-refractivity contribution in [3.8, 4) is 5.75 Å². The zero-order valence-corrected chi connectivity index (χ0v) is 9.13. The van der Waals surface area contributed by atoms with E-state index in [1.54, 1.807) is 12.1 Å². The van der Waals surface area contributed by atoms with E-state index in [2.05, 4.69) is 0 Å². The minimum atomic E-state index is -2.64. The van der Waals surface area contributed by atoms with Gasteiger partial charge in [0, 0.05) is 30.4 Å². The van der Waals surface area contributed by atoms with Gasteiger partial charge in [-0.05, 0) is 18.6 Å². The molecule has 1 aliphatic carbocycles. The van der Waals surface area contributed by atoms with Crippen LogP contribution in [0.2, 0.25) is 0 Å². The molecule has 3 N–H and O–H groups in total. The van der Waals surface area contributed by atoms with E-state index in [9.17, 15) is 13.9 Å². The predicted molar refractivity (Wildman–Crippen MR) is 57.8 cm³/mol. The maximum absolute atomic E-state index is 13.0. The predicted octanol–water partition coefficient (Wildman–Crippen LogP) is 2.33. The Balaban J connectivity index is 2.36. The Labute approximate surface area is 93.1 Å². The second-order valence-corrected chi connectivity index (χ2v) is 4.71. The van der Waals surface area contributed by atoms with E-state index in [1.807, 2.05) is 13.0 Å². The second kappa shape index (κ2) is 3.42. The largest absolute Gasteiger partial charge is 0.508 e. The number of alkyl halides is 2. The lowest BCUT2D eigenvalue weighted by atomic mass is 9.62. The Morgan fingerprint density at radius 3 is 2.44 bits per heavy atom. The Morgan fingerprint density at radius 1 is 1.38 bits per heavy atom. The van der Waals surface area contributed by atoms with Crippen LogP contribution in [0.5, 0.6) is 5.75 Å². The minimum Gasteiger partial charge on any atom is -0.508 e. The molecular weight excluding hydrogens is 212 g/mol. The lowest BCUT2D eigenvalue weighted by molar-refractivity contribution is -0.124. The van der Waals surface area contributed by atoms with Crippen molar-refractivity contribution in [3.05, 3.63) is 29.3 Å². The molecule has 2 nitrogen and oxygen atoms in total. The SMILES string of the molecule is Cc1ccc(C2(CN)CC(F)(F)C2)c(O)c1. The number of phenolic OH excluding ortho intramolecular Hbond substituents is 1. The van der Waals surface area contributed by atoms with Gasteiger partial charge in [-0.2, -0.15) is 0 Å². The Morgan fingerprint density at radius 2 is 2.00 bits per heavy atom. The molecule has 1 aromatic rings. The van der Waals surface area contributed by atoms with Crippen molar-refractivity contribution in [2.75, 3.05) is 6.54 Å². The highest BCUT2D eigenvalue weighted by atomic mass is 19.3. The molecule has 0 aliphatic heterocycles. The van der Waals surface area contributed by atoms with Crippen molar-refractivity contribution in [1.82, 2.24) is 0 Å². The van der Waals surface area contributed by atoms with Gasteiger partial charge in [-0.25, -0.2) is 8.78 Å². The van der Waals surface area contributed by atoms with Crippen LogP contribution in [0, 0.1) is 6.92 Å². The van der Waals surface area contributed by atoms with Crippen molar-refractivity contribution in [2.45, 2.75) is 31.1 Å². The number of benzene rings is 1. The maximum atomic E-state index is 13.0. The molecule has 88 valence electrons. The van der Waals surface area contributed by atoms with Crippen molar-refractivity contribution >= 4 is 0 Å². The summed E-state index contributed by atoms with van der Waals surface area (Å²) in [6, 6.07) is 5.10. The van der Waals surface area contributed by atoms with Gasteiger partial charge in [-0.15, -0.1) is 0 Å². The van der Waals surface area contributed by atoms with Crippen LogP contribution in [0.25, 0.3) is 0 Å². The Bertz CT molecular complexity index is 409. The summed E-state index contributed by atoms with van der Waals surface area (Å²) in [4.78, 5) is 0. The van der Waals surface area contributed by atoms with E-state index in [0.717, 1.165) is 5.56 Å². The van der Waals surface area contributed by atoms with Gasteiger partial charge in [0.15, 0.2) is 0 Å². The monoisotopic (exact) mass is 227 g/mol. The smallest absolute Gasteiger partial charge is 0.250 e. The fraction of sp³-hybridized carbons (Fsp3) is 0.500. The first-order chi connectivity index (χ1) is 7.38. The molecule has 0 unspecified atom stereocenters. The molecule has 0 radical (unpaired) electrons. The fourth-order valence-corrected chi connectivity index (χ4v) is 2.47. The van der Waals surface area contributed by atoms with E-state index in [0.29, 0.717) is 5.56 Å². The number of phenols is 1. The van der Waals surface area contributed by atoms with Gasteiger partial charge in [0.25, 0.3) is 0 Å². The molecule has 0 atom stereocenters. The number of hydrogen-bond acceptors (Lipinski definition) is 2. The number of aryl methyl sites for hydroxylation is 1. The molecule has 0 bridgehead atoms. The number of hydrogen-bond donors (Lipinski definition) is 2. The van der Waals surface area contributed by atoms with Crippen LogP contribution in [0.3, 0.4) is 0 Å². The van der Waals surface area contributed by atoms with Crippen LogP contribution >= 0.6 is 0 Å². The first-order valence-corrected chi connectivity index (χ1v) is 5.27. The third kappa shape index (κ3) is 1.67.